The summed E-state index contributed by atoms with van der Waals surface area (Å²) in [5, 5.41) is 12.7. The van der Waals surface area contributed by atoms with E-state index in [9.17, 15) is 4.79 Å². The van der Waals surface area contributed by atoms with Crippen molar-refractivity contribution >= 4 is 23.4 Å². The molecule has 0 atom stereocenters. The van der Waals surface area contributed by atoms with Gasteiger partial charge in [-0.2, -0.15) is 5.10 Å². The van der Waals surface area contributed by atoms with Crippen molar-refractivity contribution in [3.8, 4) is 0 Å². The van der Waals surface area contributed by atoms with Crippen LogP contribution >= 0.6 is 11.6 Å². The summed E-state index contributed by atoms with van der Waals surface area (Å²) < 4.78 is 0. The fraction of sp³-hybridized carbons (Fsp3) is 0.200. The predicted molar refractivity (Wildman–Crippen MR) is 59.6 cm³/mol. The van der Waals surface area contributed by atoms with Crippen molar-refractivity contribution in [3.63, 3.8) is 0 Å². The van der Waals surface area contributed by atoms with Gasteiger partial charge in [-0.3, -0.25) is 0 Å². The quantitative estimate of drug-likeness (QED) is 0.602. The molecule has 0 radical (unpaired) electrons. The van der Waals surface area contributed by atoms with Crippen LogP contribution in [-0.2, 0) is 0 Å². The summed E-state index contributed by atoms with van der Waals surface area (Å²) in [4.78, 5) is 10.2. The summed E-state index contributed by atoms with van der Waals surface area (Å²) in [6.07, 6.45) is -1.18. The number of hydrogen-bond acceptors (Lipinski definition) is 2. The summed E-state index contributed by atoms with van der Waals surface area (Å²) in [7, 11) is 0. The maximum absolute atomic E-state index is 10.2. The van der Waals surface area contributed by atoms with E-state index in [0.717, 1.165) is 11.1 Å². The lowest BCUT2D eigenvalue weighted by Gasteiger charge is -2.05. The Kier molecular flexibility index (Phi) is 3.68. The molecule has 0 spiro atoms. The van der Waals surface area contributed by atoms with Gasteiger partial charge in [0.25, 0.3) is 0 Å². The average molecular weight is 227 g/mol. The number of benzene rings is 1. The van der Waals surface area contributed by atoms with Gasteiger partial charge < -0.3 is 5.11 Å². The molecule has 4 nitrogen and oxygen atoms in total. The van der Waals surface area contributed by atoms with Crippen LogP contribution < -0.4 is 5.43 Å². The number of carbonyl (C=O) groups is 1. The van der Waals surface area contributed by atoms with Gasteiger partial charge in [-0.05, 0) is 31.5 Å². The Balaban J connectivity index is 2.95. The minimum atomic E-state index is -1.18. The Morgan fingerprint density at radius 1 is 1.53 bits per heavy atom. The molecule has 0 saturated carbocycles. The van der Waals surface area contributed by atoms with Crippen LogP contribution in [0.1, 0.15) is 18.1 Å². The molecular weight excluding hydrogens is 216 g/mol. The van der Waals surface area contributed by atoms with E-state index in [4.69, 9.17) is 16.7 Å². The van der Waals surface area contributed by atoms with E-state index >= 15 is 0 Å². The van der Waals surface area contributed by atoms with Gasteiger partial charge >= 0.3 is 6.09 Å². The van der Waals surface area contributed by atoms with Crippen molar-refractivity contribution in [2.45, 2.75) is 13.8 Å². The van der Waals surface area contributed by atoms with E-state index < -0.39 is 6.09 Å². The molecule has 0 aromatic heterocycles. The van der Waals surface area contributed by atoms with Crippen LogP contribution in [0.25, 0.3) is 0 Å². The molecule has 1 amide bonds. The fourth-order valence-electron chi connectivity index (χ4n) is 1.22. The highest BCUT2D eigenvalue weighted by Crippen LogP contribution is 2.15. The van der Waals surface area contributed by atoms with Gasteiger partial charge in [-0.1, -0.05) is 17.7 Å². The second-order valence-electron chi connectivity index (χ2n) is 3.07. The van der Waals surface area contributed by atoms with Gasteiger partial charge in [0.05, 0.1) is 5.71 Å². The zero-order valence-electron chi connectivity index (χ0n) is 8.41. The van der Waals surface area contributed by atoms with Crippen LogP contribution in [0.15, 0.2) is 23.3 Å². The largest absolute Gasteiger partial charge is 0.464 e. The highest BCUT2D eigenvalue weighted by Gasteiger charge is 2.03. The number of hydrogen-bond donors (Lipinski definition) is 2. The number of nitrogens with one attached hydrogen (secondary N) is 1. The summed E-state index contributed by atoms with van der Waals surface area (Å²) in [5.41, 5.74) is 4.38. The lowest BCUT2D eigenvalue weighted by molar-refractivity contribution is 0.195. The van der Waals surface area contributed by atoms with Crippen molar-refractivity contribution < 1.29 is 9.90 Å². The molecule has 0 aliphatic carbocycles. The molecule has 0 bridgehead atoms. The zero-order valence-corrected chi connectivity index (χ0v) is 9.17. The topological polar surface area (TPSA) is 61.7 Å². The van der Waals surface area contributed by atoms with Crippen LogP contribution in [0.4, 0.5) is 4.79 Å². The first-order valence-corrected chi connectivity index (χ1v) is 4.68. The second kappa shape index (κ2) is 4.79. The van der Waals surface area contributed by atoms with Gasteiger partial charge in [0.1, 0.15) is 0 Å². The average Bonchev–Trinajstić information content (AvgIpc) is 2.14. The molecular formula is C10H11ClN2O2. The molecule has 1 aromatic rings. The molecule has 1 rings (SSSR count). The Morgan fingerprint density at radius 3 is 2.73 bits per heavy atom. The Morgan fingerprint density at radius 2 is 2.20 bits per heavy atom. The van der Waals surface area contributed by atoms with E-state index in [1.165, 1.54) is 0 Å². The smallest absolute Gasteiger partial charge is 0.425 e. The molecule has 0 aliphatic heterocycles. The Hall–Kier alpha value is -1.55. The van der Waals surface area contributed by atoms with Crippen molar-refractivity contribution in [3.05, 3.63) is 34.3 Å². The fourth-order valence-corrected chi connectivity index (χ4v) is 1.45. The summed E-state index contributed by atoms with van der Waals surface area (Å²) in [5.74, 6) is 0. The number of carboxylic acid groups (broad SMARTS) is 1. The number of hydrazone groups is 1. The first-order valence-electron chi connectivity index (χ1n) is 4.30. The van der Waals surface area contributed by atoms with Crippen LogP contribution in [0.5, 0.6) is 0 Å². The number of amides is 1. The Labute approximate surface area is 92.6 Å². The lowest BCUT2D eigenvalue weighted by atomic mass is 10.1. The standard InChI is InChI=1S/C10H11ClN2O2/c1-6-5-8(11)3-4-9(6)7(2)12-13-10(14)15/h3-5,13H,1-2H3,(H,14,15)/b12-7+. The third-order valence-electron chi connectivity index (χ3n) is 1.90. The van der Waals surface area contributed by atoms with Gasteiger partial charge in [0, 0.05) is 10.6 Å². The van der Waals surface area contributed by atoms with Gasteiger partial charge in [-0.15, -0.1) is 0 Å². The van der Waals surface area contributed by atoms with Crippen molar-refractivity contribution in [1.29, 1.82) is 0 Å². The molecule has 1 aromatic carbocycles. The molecule has 0 fully saturated rings. The normalized spacial score (nSPS) is 11.3. The van der Waals surface area contributed by atoms with Crippen molar-refractivity contribution in [1.82, 2.24) is 5.43 Å². The number of aryl methyl sites for hydroxylation is 1. The molecule has 0 saturated heterocycles. The molecule has 2 N–H and O–H groups in total. The molecule has 5 heteroatoms. The maximum atomic E-state index is 10.2. The first kappa shape index (κ1) is 11.5. The third kappa shape index (κ3) is 3.25. The highest BCUT2D eigenvalue weighted by atomic mass is 35.5. The Bertz CT molecular complexity index is 416. The first-order chi connectivity index (χ1) is 7.00. The van der Waals surface area contributed by atoms with E-state index in [-0.39, 0.29) is 0 Å². The lowest BCUT2D eigenvalue weighted by Crippen LogP contribution is -2.16. The van der Waals surface area contributed by atoms with Crippen LogP contribution in [0.2, 0.25) is 5.02 Å². The summed E-state index contributed by atoms with van der Waals surface area (Å²) in [6.45, 7) is 3.62. The molecule has 15 heavy (non-hydrogen) atoms. The van der Waals surface area contributed by atoms with Crippen molar-refractivity contribution in [2.24, 2.45) is 5.10 Å². The summed E-state index contributed by atoms with van der Waals surface area (Å²) in [6, 6.07) is 5.35. The number of halogens is 1. The van der Waals surface area contributed by atoms with Crippen LogP contribution in [0, 0.1) is 6.92 Å². The molecule has 0 unspecified atom stereocenters. The van der Waals surface area contributed by atoms with Gasteiger partial charge in [0.15, 0.2) is 0 Å². The van der Waals surface area contributed by atoms with Crippen molar-refractivity contribution in [2.75, 3.05) is 0 Å². The SMILES string of the molecule is C/C(=N\NC(=O)O)c1ccc(Cl)cc1C. The minimum Gasteiger partial charge on any atom is -0.464 e. The minimum absolute atomic E-state index is 0.603. The second-order valence-corrected chi connectivity index (χ2v) is 3.51. The monoisotopic (exact) mass is 226 g/mol. The maximum Gasteiger partial charge on any atom is 0.425 e. The van der Waals surface area contributed by atoms with Gasteiger partial charge in [-0.25, -0.2) is 10.2 Å². The van der Waals surface area contributed by atoms with Gasteiger partial charge in [0.2, 0.25) is 0 Å². The number of nitrogens with zero attached hydrogens (tertiary/aromatic N) is 1. The third-order valence-corrected chi connectivity index (χ3v) is 2.13. The van der Waals surface area contributed by atoms with E-state index in [0.29, 0.717) is 10.7 Å². The molecule has 80 valence electrons. The van der Waals surface area contributed by atoms with E-state index in [1.807, 2.05) is 12.3 Å². The predicted octanol–water partition coefficient (Wildman–Crippen LogP) is 2.64. The molecule has 0 heterocycles. The van der Waals surface area contributed by atoms with E-state index in [2.05, 4.69) is 5.10 Å². The molecule has 0 aliphatic rings. The summed E-state index contributed by atoms with van der Waals surface area (Å²) >= 11 is 5.80. The van der Waals surface area contributed by atoms with Crippen LogP contribution in [0.3, 0.4) is 0 Å². The number of rotatable bonds is 2. The van der Waals surface area contributed by atoms with Crippen LogP contribution in [-0.4, -0.2) is 16.9 Å². The zero-order chi connectivity index (χ0) is 11.4. The highest BCUT2D eigenvalue weighted by molar-refractivity contribution is 6.30. The van der Waals surface area contributed by atoms with E-state index in [1.54, 1.807) is 25.1 Å².